The average Bonchev–Trinajstić information content (AvgIpc) is 2.27. The molecular formula is C13H25NO2. The Morgan fingerprint density at radius 2 is 2.06 bits per heavy atom. The van der Waals surface area contributed by atoms with Gasteiger partial charge in [-0.15, -0.1) is 0 Å². The molecule has 0 aromatic heterocycles. The molecule has 0 saturated carbocycles. The Hall–Kier alpha value is -0.570. The first kappa shape index (κ1) is 13.5. The van der Waals surface area contributed by atoms with Crippen molar-refractivity contribution in [3.63, 3.8) is 0 Å². The van der Waals surface area contributed by atoms with Crippen LogP contribution in [0.1, 0.15) is 47.0 Å². The molecule has 0 aliphatic carbocycles. The van der Waals surface area contributed by atoms with Crippen LogP contribution in [-0.4, -0.2) is 35.1 Å². The lowest BCUT2D eigenvalue weighted by Gasteiger charge is -2.43. The third kappa shape index (κ3) is 2.57. The van der Waals surface area contributed by atoms with E-state index in [1.54, 1.807) is 0 Å². The van der Waals surface area contributed by atoms with Gasteiger partial charge >= 0.3 is 5.97 Å². The van der Waals surface area contributed by atoms with Crippen LogP contribution in [0, 0.1) is 11.3 Å². The number of likely N-dealkylation sites (tertiary alicyclic amines) is 1. The summed E-state index contributed by atoms with van der Waals surface area (Å²) in [6.45, 7) is 10.4. The zero-order valence-corrected chi connectivity index (χ0v) is 11.0. The highest BCUT2D eigenvalue weighted by molar-refractivity contribution is 5.75. The van der Waals surface area contributed by atoms with Crippen molar-refractivity contribution in [2.75, 3.05) is 13.1 Å². The standard InChI is InChI=1S/C13H25NO2/c1-5-13(12(15)16)7-6-8-14(9-13)11(4)10(2)3/h10-11H,5-9H2,1-4H3,(H,15,16). The zero-order chi connectivity index (χ0) is 12.3. The van der Waals surface area contributed by atoms with Gasteiger partial charge in [0.15, 0.2) is 0 Å². The van der Waals surface area contributed by atoms with Gasteiger partial charge in [0.1, 0.15) is 0 Å². The molecule has 16 heavy (non-hydrogen) atoms. The number of hydrogen-bond donors (Lipinski definition) is 1. The molecule has 0 bridgehead atoms. The summed E-state index contributed by atoms with van der Waals surface area (Å²) in [5.41, 5.74) is -0.499. The van der Waals surface area contributed by atoms with Crippen LogP contribution in [0.15, 0.2) is 0 Å². The van der Waals surface area contributed by atoms with Gasteiger partial charge in [0, 0.05) is 12.6 Å². The van der Waals surface area contributed by atoms with E-state index in [0.29, 0.717) is 12.0 Å². The molecule has 1 saturated heterocycles. The molecule has 1 aliphatic rings. The van der Waals surface area contributed by atoms with Crippen molar-refractivity contribution in [2.24, 2.45) is 11.3 Å². The Morgan fingerprint density at radius 1 is 1.44 bits per heavy atom. The third-order valence-corrected chi connectivity index (χ3v) is 4.28. The largest absolute Gasteiger partial charge is 0.481 e. The molecule has 1 fully saturated rings. The molecule has 0 radical (unpaired) electrons. The van der Waals surface area contributed by atoms with E-state index in [2.05, 4.69) is 25.7 Å². The second-order valence-electron chi connectivity index (χ2n) is 5.50. The van der Waals surface area contributed by atoms with E-state index in [-0.39, 0.29) is 0 Å². The van der Waals surface area contributed by atoms with Gasteiger partial charge in [-0.2, -0.15) is 0 Å². The summed E-state index contributed by atoms with van der Waals surface area (Å²) >= 11 is 0. The minimum Gasteiger partial charge on any atom is -0.481 e. The van der Waals surface area contributed by atoms with Crippen LogP contribution in [-0.2, 0) is 4.79 Å². The van der Waals surface area contributed by atoms with Crippen LogP contribution in [0.25, 0.3) is 0 Å². The van der Waals surface area contributed by atoms with Crippen molar-refractivity contribution in [1.82, 2.24) is 4.90 Å². The Morgan fingerprint density at radius 3 is 2.50 bits per heavy atom. The van der Waals surface area contributed by atoms with E-state index in [1.165, 1.54) is 0 Å². The van der Waals surface area contributed by atoms with Crippen molar-refractivity contribution in [3.05, 3.63) is 0 Å². The van der Waals surface area contributed by atoms with Crippen LogP contribution in [0.3, 0.4) is 0 Å². The van der Waals surface area contributed by atoms with E-state index in [4.69, 9.17) is 0 Å². The van der Waals surface area contributed by atoms with Gasteiger partial charge in [-0.3, -0.25) is 9.69 Å². The quantitative estimate of drug-likeness (QED) is 0.802. The van der Waals surface area contributed by atoms with Crippen molar-refractivity contribution in [2.45, 2.75) is 53.0 Å². The van der Waals surface area contributed by atoms with Crippen molar-refractivity contribution < 1.29 is 9.90 Å². The van der Waals surface area contributed by atoms with Gasteiger partial charge in [0.05, 0.1) is 5.41 Å². The fraction of sp³-hybridized carbons (Fsp3) is 0.923. The van der Waals surface area contributed by atoms with E-state index < -0.39 is 11.4 Å². The summed E-state index contributed by atoms with van der Waals surface area (Å²) in [5.74, 6) is -0.0305. The molecule has 2 unspecified atom stereocenters. The van der Waals surface area contributed by atoms with E-state index >= 15 is 0 Å². The first-order valence-corrected chi connectivity index (χ1v) is 6.40. The number of nitrogens with zero attached hydrogens (tertiary/aromatic N) is 1. The minimum absolute atomic E-state index is 0.477. The lowest BCUT2D eigenvalue weighted by Crippen LogP contribution is -2.51. The second kappa shape index (κ2) is 5.17. The summed E-state index contributed by atoms with van der Waals surface area (Å²) < 4.78 is 0. The van der Waals surface area contributed by atoms with Crippen LogP contribution >= 0.6 is 0 Å². The Balaban J connectivity index is 2.76. The normalized spacial score (nSPS) is 29.3. The highest BCUT2D eigenvalue weighted by Crippen LogP contribution is 2.35. The first-order chi connectivity index (χ1) is 7.43. The molecule has 0 spiro atoms. The molecule has 0 amide bonds. The Kier molecular flexibility index (Phi) is 4.36. The molecule has 2 atom stereocenters. The van der Waals surface area contributed by atoms with Crippen LogP contribution in [0.2, 0.25) is 0 Å². The number of carboxylic acid groups (broad SMARTS) is 1. The number of carboxylic acids is 1. The monoisotopic (exact) mass is 227 g/mol. The Labute approximate surface area is 98.8 Å². The maximum atomic E-state index is 11.4. The maximum Gasteiger partial charge on any atom is 0.310 e. The van der Waals surface area contributed by atoms with E-state index in [9.17, 15) is 9.90 Å². The zero-order valence-electron chi connectivity index (χ0n) is 11.0. The van der Waals surface area contributed by atoms with Crippen molar-refractivity contribution >= 4 is 5.97 Å². The number of piperidine rings is 1. The molecule has 1 heterocycles. The van der Waals surface area contributed by atoms with E-state index in [1.807, 2.05) is 6.92 Å². The van der Waals surface area contributed by atoms with Gasteiger partial charge in [-0.25, -0.2) is 0 Å². The fourth-order valence-corrected chi connectivity index (χ4v) is 2.55. The van der Waals surface area contributed by atoms with E-state index in [0.717, 1.165) is 32.4 Å². The molecule has 3 heteroatoms. The molecule has 94 valence electrons. The first-order valence-electron chi connectivity index (χ1n) is 6.40. The molecule has 0 aromatic rings. The van der Waals surface area contributed by atoms with Crippen molar-refractivity contribution in [3.8, 4) is 0 Å². The van der Waals surface area contributed by atoms with Gasteiger partial charge in [-0.05, 0) is 38.6 Å². The predicted molar refractivity (Wildman–Crippen MR) is 65.5 cm³/mol. The Bertz CT molecular complexity index is 252. The molecular weight excluding hydrogens is 202 g/mol. The smallest absolute Gasteiger partial charge is 0.310 e. The number of hydrogen-bond acceptors (Lipinski definition) is 2. The topological polar surface area (TPSA) is 40.5 Å². The molecule has 3 nitrogen and oxygen atoms in total. The third-order valence-electron chi connectivity index (χ3n) is 4.28. The van der Waals surface area contributed by atoms with Crippen LogP contribution in [0.4, 0.5) is 0 Å². The summed E-state index contributed by atoms with van der Waals surface area (Å²) in [5, 5.41) is 9.40. The van der Waals surface area contributed by atoms with Crippen molar-refractivity contribution in [1.29, 1.82) is 0 Å². The van der Waals surface area contributed by atoms with Gasteiger partial charge < -0.3 is 5.11 Å². The summed E-state index contributed by atoms with van der Waals surface area (Å²) in [6.07, 6.45) is 2.58. The molecule has 1 rings (SSSR count). The predicted octanol–water partition coefficient (Wildman–Crippen LogP) is 2.61. The van der Waals surface area contributed by atoms with Gasteiger partial charge in [-0.1, -0.05) is 20.8 Å². The summed E-state index contributed by atoms with van der Waals surface area (Å²) in [7, 11) is 0. The highest BCUT2D eigenvalue weighted by Gasteiger charge is 2.41. The second-order valence-corrected chi connectivity index (χ2v) is 5.50. The molecule has 1 N–H and O–H groups in total. The fourth-order valence-electron chi connectivity index (χ4n) is 2.55. The SMILES string of the molecule is CCC1(C(=O)O)CCCN(C(C)C(C)C)C1. The molecule has 0 aromatic carbocycles. The van der Waals surface area contributed by atoms with Gasteiger partial charge in [0.2, 0.25) is 0 Å². The highest BCUT2D eigenvalue weighted by atomic mass is 16.4. The lowest BCUT2D eigenvalue weighted by atomic mass is 9.77. The maximum absolute atomic E-state index is 11.4. The number of aliphatic carboxylic acids is 1. The molecule has 1 aliphatic heterocycles. The van der Waals surface area contributed by atoms with Crippen LogP contribution in [0.5, 0.6) is 0 Å². The average molecular weight is 227 g/mol. The minimum atomic E-state index is -0.615. The summed E-state index contributed by atoms with van der Waals surface area (Å²) in [6, 6.07) is 0.477. The van der Waals surface area contributed by atoms with Gasteiger partial charge in [0.25, 0.3) is 0 Å². The lowest BCUT2D eigenvalue weighted by molar-refractivity contribution is -0.153. The van der Waals surface area contributed by atoms with Crippen LogP contribution < -0.4 is 0 Å². The number of rotatable bonds is 4. The number of carbonyl (C=O) groups is 1. The summed E-state index contributed by atoms with van der Waals surface area (Å²) in [4.78, 5) is 13.8.